The molecule has 1 unspecified atom stereocenters. The molecule has 1 aliphatic heterocycles. The number of nitrogens with zero attached hydrogens (tertiary/aromatic N) is 3. The molecule has 5 rings (SSSR count). The summed E-state index contributed by atoms with van der Waals surface area (Å²) in [6, 6.07) is 26.3. The molecular formula is C25H23N3. The van der Waals surface area contributed by atoms with E-state index in [1.165, 1.54) is 27.5 Å². The molecule has 3 nitrogen and oxygen atoms in total. The third-order valence-electron chi connectivity index (χ3n) is 5.84. The normalized spacial score (nSPS) is 16.8. The molecule has 0 bridgehead atoms. The second-order valence-electron chi connectivity index (χ2n) is 7.51. The van der Waals surface area contributed by atoms with E-state index in [1.54, 1.807) is 6.20 Å². The van der Waals surface area contributed by atoms with E-state index in [-0.39, 0.29) is 0 Å². The summed E-state index contributed by atoms with van der Waals surface area (Å²) < 4.78 is 0. The average molecular weight is 365 g/mol. The van der Waals surface area contributed by atoms with Crippen molar-refractivity contribution in [1.29, 1.82) is 0 Å². The van der Waals surface area contributed by atoms with Crippen molar-refractivity contribution >= 4 is 10.8 Å². The molecule has 1 aliphatic rings. The second kappa shape index (κ2) is 7.17. The summed E-state index contributed by atoms with van der Waals surface area (Å²) in [5, 5.41) is 10.9. The van der Waals surface area contributed by atoms with E-state index < -0.39 is 0 Å². The van der Waals surface area contributed by atoms with Gasteiger partial charge in [0.2, 0.25) is 0 Å². The molecule has 4 aromatic rings. The molecule has 0 saturated heterocycles. The van der Waals surface area contributed by atoms with Gasteiger partial charge in [0, 0.05) is 30.8 Å². The third-order valence-corrected chi connectivity index (χ3v) is 5.84. The molecule has 2 heterocycles. The molecular weight excluding hydrogens is 342 g/mol. The van der Waals surface area contributed by atoms with Crippen LogP contribution in [0.3, 0.4) is 0 Å². The highest BCUT2D eigenvalue weighted by atomic mass is 15.1. The summed E-state index contributed by atoms with van der Waals surface area (Å²) in [6.45, 7) is 5.35. The van der Waals surface area contributed by atoms with Crippen molar-refractivity contribution in [2.24, 2.45) is 0 Å². The van der Waals surface area contributed by atoms with E-state index in [2.05, 4.69) is 82.7 Å². The smallest absolute Gasteiger partial charge is 0.0929 e. The van der Waals surface area contributed by atoms with Gasteiger partial charge in [0.05, 0.1) is 5.69 Å². The van der Waals surface area contributed by atoms with Crippen molar-refractivity contribution < 1.29 is 0 Å². The largest absolute Gasteiger partial charge is 0.298 e. The van der Waals surface area contributed by atoms with E-state index >= 15 is 0 Å². The van der Waals surface area contributed by atoms with Crippen LogP contribution in [0.4, 0.5) is 0 Å². The minimum absolute atomic E-state index is 0.393. The monoisotopic (exact) mass is 365 g/mol. The van der Waals surface area contributed by atoms with Crippen LogP contribution in [0, 0.1) is 0 Å². The predicted molar refractivity (Wildman–Crippen MR) is 114 cm³/mol. The van der Waals surface area contributed by atoms with Crippen molar-refractivity contribution in [3.05, 3.63) is 95.7 Å². The highest BCUT2D eigenvalue weighted by molar-refractivity contribution is 5.83. The Balaban J connectivity index is 1.59. The zero-order chi connectivity index (χ0) is 18.9. The summed E-state index contributed by atoms with van der Waals surface area (Å²) in [6.07, 6.45) is 1.72. The Bertz CT molecular complexity index is 1120. The lowest BCUT2D eigenvalue weighted by Gasteiger charge is -2.34. The fourth-order valence-corrected chi connectivity index (χ4v) is 4.31. The van der Waals surface area contributed by atoms with Gasteiger partial charge < -0.3 is 0 Å². The lowest BCUT2D eigenvalue weighted by Crippen LogP contribution is -2.33. The van der Waals surface area contributed by atoms with Gasteiger partial charge in [-0.1, -0.05) is 61.5 Å². The third kappa shape index (κ3) is 3.08. The molecule has 0 aliphatic carbocycles. The molecule has 0 spiro atoms. The Hall–Kier alpha value is -3.04. The first kappa shape index (κ1) is 17.1. The molecule has 0 amide bonds. The minimum Gasteiger partial charge on any atom is -0.298 e. The van der Waals surface area contributed by atoms with E-state index in [1.807, 2.05) is 12.1 Å². The quantitative estimate of drug-likeness (QED) is 0.496. The van der Waals surface area contributed by atoms with Crippen molar-refractivity contribution in [3.8, 4) is 11.3 Å². The molecule has 0 N–H and O–H groups in total. The lowest BCUT2D eigenvalue weighted by atomic mass is 9.83. The zero-order valence-corrected chi connectivity index (χ0v) is 16.0. The summed E-state index contributed by atoms with van der Waals surface area (Å²) in [7, 11) is 0. The molecule has 3 heteroatoms. The fourth-order valence-electron chi connectivity index (χ4n) is 4.31. The van der Waals surface area contributed by atoms with Crippen LogP contribution in [0.1, 0.15) is 29.5 Å². The molecule has 3 aromatic carbocycles. The number of benzene rings is 3. The van der Waals surface area contributed by atoms with Crippen LogP contribution in [0.5, 0.6) is 0 Å². The molecule has 0 radical (unpaired) electrons. The molecule has 1 atom stereocenters. The second-order valence-corrected chi connectivity index (χ2v) is 7.51. The van der Waals surface area contributed by atoms with Crippen LogP contribution >= 0.6 is 0 Å². The lowest BCUT2D eigenvalue weighted by molar-refractivity contribution is 0.253. The molecule has 0 fully saturated rings. The number of aromatic nitrogens is 2. The Labute approximate surface area is 165 Å². The first-order valence-electron chi connectivity index (χ1n) is 9.94. The molecule has 0 saturated carbocycles. The highest BCUT2D eigenvalue weighted by Crippen LogP contribution is 2.36. The maximum absolute atomic E-state index is 4.28. The van der Waals surface area contributed by atoms with Gasteiger partial charge in [-0.05, 0) is 52.2 Å². The van der Waals surface area contributed by atoms with Gasteiger partial charge in [-0.3, -0.25) is 4.90 Å². The fraction of sp³-hybridized carbons (Fsp3) is 0.200. The van der Waals surface area contributed by atoms with Gasteiger partial charge in [0.25, 0.3) is 0 Å². The van der Waals surface area contributed by atoms with Gasteiger partial charge in [-0.25, -0.2) is 0 Å². The molecule has 138 valence electrons. The standard InChI is InChI=1S/C25H23N3/c1-2-28-16-22-15-21(25-8-5-13-26-27-25)11-12-23(22)24(17-28)20-10-9-18-6-3-4-7-19(18)14-20/h3-15,24H,2,16-17H2,1H3. The van der Waals surface area contributed by atoms with Crippen LogP contribution in [0.15, 0.2) is 79.0 Å². The van der Waals surface area contributed by atoms with Crippen LogP contribution < -0.4 is 0 Å². The Morgan fingerprint density at radius 3 is 2.64 bits per heavy atom. The van der Waals surface area contributed by atoms with Crippen molar-refractivity contribution in [3.63, 3.8) is 0 Å². The number of rotatable bonds is 3. The molecule has 28 heavy (non-hydrogen) atoms. The van der Waals surface area contributed by atoms with E-state index in [0.29, 0.717) is 5.92 Å². The van der Waals surface area contributed by atoms with Gasteiger partial charge >= 0.3 is 0 Å². The number of hydrogen-bond acceptors (Lipinski definition) is 3. The number of likely N-dealkylation sites (N-methyl/N-ethyl adjacent to an activating group) is 1. The Morgan fingerprint density at radius 1 is 0.929 bits per heavy atom. The van der Waals surface area contributed by atoms with Crippen molar-refractivity contribution in [1.82, 2.24) is 15.1 Å². The zero-order valence-electron chi connectivity index (χ0n) is 16.0. The molecule has 1 aromatic heterocycles. The Morgan fingerprint density at radius 2 is 1.82 bits per heavy atom. The van der Waals surface area contributed by atoms with Gasteiger partial charge in [0.15, 0.2) is 0 Å². The minimum atomic E-state index is 0.393. The predicted octanol–water partition coefficient (Wildman–Crippen LogP) is 5.26. The Kier molecular flexibility index (Phi) is 4.38. The van der Waals surface area contributed by atoms with Gasteiger partial charge in [-0.15, -0.1) is 0 Å². The van der Waals surface area contributed by atoms with E-state index in [4.69, 9.17) is 0 Å². The summed E-state index contributed by atoms with van der Waals surface area (Å²) >= 11 is 0. The summed E-state index contributed by atoms with van der Waals surface area (Å²) in [5.41, 5.74) is 6.30. The van der Waals surface area contributed by atoms with Crippen LogP contribution in [-0.4, -0.2) is 28.2 Å². The van der Waals surface area contributed by atoms with Crippen LogP contribution in [0.2, 0.25) is 0 Å². The maximum atomic E-state index is 4.28. The first-order chi connectivity index (χ1) is 13.8. The SMILES string of the molecule is CCN1Cc2cc(-c3cccnn3)ccc2C(c2ccc3ccccc3c2)C1. The number of hydrogen-bond donors (Lipinski definition) is 0. The highest BCUT2D eigenvalue weighted by Gasteiger charge is 2.26. The van der Waals surface area contributed by atoms with E-state index in [9.17, 15) is 0 Å². The van der Waals surface area contributed by atoms with Crippen LogP contribution in [0.25, 0.3) is 22.0 Å². The van der Waals surface area contributed by atoms with Crippen molar-refractivity contribution in [2.75, 3.05) is 13.1 Å². The maximum Gasteiger partial charge on any atom is 0.0929 e. The average Bonchev–Trinajstić information content (AvgIpc) is 2.78. The summed E-state index contributed by atoms with van der Waals surface area (Å²) in [5.74, 6) is 0.393. The summed E-state index contributed by atoms with van der Waals surface area (Å²) in [4.78, 5) is 2.53. The number of fused-ring (bicyclic) bond motifs is 2. The van der Waals surface area contributed by atoms with Crippen molar-refractivity contribution in [2.45, 2.75) is 19.4 Å². The topological polar surface area (TPSA) is 29.0 Å². The van der Waals surface area contributed by atoms with Gasteiger partial charge in [-0.2, -0.15) is 10.2 Å². The van der Waals surface area contributed by atoms with Gasteiger partial charge in [0.1, 0.15) is 0 Å². The first-order valence-corrected chi connectivity index (χ1v) is 9.94. The van der Waals surface area contributed by atoms with Crippen LogP contribution in [-0.2, 0) is 6.54 Å². The van der Waals surface area contributed by atoms with E-state index in [0.717, 1.165) is 30.9 Å².